The average Bonchev–Trinajstić information content (AvgIpc) is 3.40. The summed E-state index contributed by atoms with van der Waals surface area (Å²) in [4.78, 5) is 14.2. The van der Waals surface area contributed by atoms with Gasteiger partial charge in [0.2, 0.25) is 15.9 Å². The van der Waals surface area contributed by atoms with Gasteiger partial charge in [0.15, 0.2) is 0 Å². The van der Waals surface area contributed by atoms with E-state index in [-0.39, 0.29) is 16.7 Å². The van der Waals surface area contributed by atoms with Crippen LogP contribution in [0.3, 0.4) is 0 Å². The monoisotopic (exact) mass is 337 g/mol. The minimum Gasteiger partial charge on any atom is -0.326 e. The van der Waals surface area contributed by atoms with E-state index in [9.17, 15) is 13.2 Å². The molecular weight excluding hydrogens is 314 g/mol. The van der Waals surface area contributed by atoms with Crippen LogP contribution in [-0.4, -0.2) is 56.3 Å². The number of sulfonamides is 1. The summed E-state index contributed by atoms with van der Waals surface area (Å²) in [5, 5.41) is 2.82. The zero-order valence-corrected chi connectivity index (χ0v) is 14.2. The van der Waals surface area contributed by atoms with Gasteiger partial charge in [-0.15, -0.1) is 0 Å². The summed E-state index contributed by atoms with van der Waals surface area (Å²) in [7, 11) is -3.45. The molecule has 1 heterocycles. The lowest BCUT2D eigenvalue weighted by atomic mass is 10.3. The standard InChI is InChI=1S/C16H23N3O3S/c1-2-18-9-11-19(12-10-18)23(21,22)15-7-5-14(6-8-15)17-16(20)13-3-4-13/h5-8,13H,2-4,9-12H2,1H3,(H,17,20). The second-order valence-corrected chi connectivity index (χ2v) is 8.06. The van der Waals surface area contributed by atoms with Crippen LogP contribution in [0.1, 0.15) is 19.8 Å². The number of amides is 1. The van der Waals surface area contributed by atoms with Gasteiger partial charge in [0.05, 0.1) is 4.90 Å². The highest BCUT2D eigenvalue weighted by Crippen LogP contribution is 2.30. The third-order valence-electron chi connectivity index (χ3n) is 4.49. The summed E-state index contributed by atoms with van der Waals surface area (Å²) >= 11 is 0. The fraction of sp³-hybridized carbons (Fsp3) is 0.562. The number of anilines is 1. The van der Waals surface area contributed by atoms with Crippen LogP contribution in [0.2, 0.25) is 0 Å². The lowest BCUT2D eigenvalue weighted by Gasteiger charge is -2.33. The van der Waals surface area contributed by atoms with Crippen LogP contribution in [0.5, 0.6) is 0 Å². The van der Waals surface area contributed by atoms with Crippen molar-refractivity contribution in [2.24, 2.45) is 5.92 Å². The van der Waals surface area contributed by atoms with Gasteiger partial charge in [-0.3, -0.25) is 4.79 Å². The Balaban J connectivity index is 1.66. The summed E-state index contributed by atoms with van der Waals surface area (Å²) < 4.78 is 26.8. The molecule has 0 radical (unpaired) electrons. The molecule has 1 saturated carbocycles. The molecule has 1 aromatic rings. The van der Waals surface area contributed by atoms with Gasteiger partial charge in [-0.05, 0) is 43.7 Å². The normalized spacial score (nSPS) is 20.4. The van der Waals surface area contributed by atoms with Crippen LogP contribution in [0.25, 0.3) is 0 Å². The van der Waals surface area contributed by atoms with Gasteiger partial charge >= 0.3 is 0 Å². The number of piperazine rings is 1. The third-order valence-corrected chi connectivity index (χ3v) is 6.40. The highest BCUT2D eigenvalue weighted by Gasteiger charge is 2.30. The predicted molar refractivity (Wildman–Crippen MR) is 88.7 cm³/mol. The van der Waals surface area contributed by atoms with Crippen molar-refractivity contribution in [2.75, 3.05) is 38.0 Å². The summed E-state index contributed by atoms with van der Waals surface area (Å²) in [6.45, 7) is 5.62. The second kappa shape index (κ2) is 6.59. The molecule has 1 amide bonds. The van der Waals surface area contributed by atoms with Gasteiger partial charge in [-0.25, -0.2) is 8.42 Å². The van der Waals surface area contributed by atoms with Crippen molar-refractivity contribution in [1.29, 1.82) is 0 Å². The van der Waals surface area contributed by atoms with Crippen LogP contribution >= 0.6 is 0 Å². The Hall–Kier alpha value is -1.44. The first-order valence-electron chi connectivity index (χ1n) is 8.14. The summed E-state index contributed by atoms with van der Waals surface area (Å²) in [5.74, 6) is 0.157. The largest absolute Gasteiger partial charge is 0.326 e. The third kappa shape index (κ3) is 3.73. The first-order valence-corrected chi connectivity index (χ1v) is 9.58. The van der Waals surface area contributed by atoms with E-state index in [1.54, 1.807) is 24.3 Å². The van der Waals surface area contributed by atoms with Crippen LogP contribution in [0.15, 0.2) is 29.2 Å². The molecule has 1 aromatic carbocycles. The maximum absolute atomic E-state index is 12.7. The SMILES string of the molecule is CCN1CCN(S(=O)(=O)c2ccc(NC(=O)C3CC3)cc2)CC1. The number of nitrogens with one attached hydrogen (secondary N) is 1. The summed E-state index contributed by atoms with van der Waals surface area (Å²) in [5.41, 5.74) is 0.650. The maximum Gasteiger partial charge on any atom is 0.243 e. The number of benzene rings is 1. The highest BCUT2D eigenvalue weighted by molar-refractivity contribution is 7.89. The minimum atomic E-state index is -3.45. The van der Waals surface area contributed by atoms with Crippen LogP contribution in [0.4, 0.5) is 5.69 Å². The number of hydrogen-bond donors (Lipinski definition) is 1. The lowest BCUT2D eigenvalue weighted by molar-refractivity contribution is -0.117. The zero-order chi connectivity index (χ0) is 16.4. The van der Waals surface area contributed by atoms with Gasteiger partial charge < -0.3 is 10.2 Å². The molecule has 0 aromatic heterocycles. The fourth-order valence-corrected chi connectivity index (χ4v) is 4.16. The fourth-order valence-electron chi connectivity index (χ4n) is 2.74. The van der Waals surface area contributed by atoms with Gasteiger partial charge in [-0.1, -0.05) is 6.92 Å². The smallest absolute Gasteiger partial charge is 0.243 e. The van der Waals surface area contributed by atoms with Crippen molar-refractivity contribution in [3.8, 4) is 0 Å². The molecule has 0 atom stereocenters. The van der Waals surface area contributed by atoms with Crippen molar-refractivity contribution in [3.05, 3.63) is 24.3 Å². The topological polar surface area (TPSA) is 69.7 Å². The number of carbonyl (C=O) groups is 1. The molecule has 7 heteroatoms. The molecule has 126 valence electrons. The Kier molecular flexibility index (Phi) is 4.70. The Morgan fingerprint density at radius 2 is 1.74 bits per heavy atom. The molecule has 1 saturated heterocycles. The van der Waals surface area contributed by atoms with E-state index in [2.05, 4.69) is 17.1 Å². The lowest BCUT2D eigenvalue weighted by Crippen LogP contribution is -2.48. The molecule has 1 N–H and O–H groups in total. The molecule has 2 fully saturated rings. The van der Waals surface area contributed by atoms with Crippen LogP contribution in [0, 0.1) is 5.92 Å². The molecule has 0 unspecified atom stereocenters. The molecule has 23 heavy (non-hydrogen) atoms. The van der Waals surface area contributed by atoms with E-state index in [0.29, 0.717) is 18.8 Å². The molecule has 1 aliphatic carbocycles. The number of hydrogen-bond acceptors (Lipinski definition) is 4. The van der Waals surface area contributed by atoms with Gasteiger partial charge in [0.25, 0.3) is 0 Å². The van der Waals surface area contributed by atoms with Crippen molar-refractivity contribution < 1.29 is 13.2 Å². The Morgan fingerprint density at radius 3 is 2.26 bits per heavy atom. The molecular formula is C16H23N3O3S. The first kappa shape index (κ1) is 16.4. The van der Waals surface area contributed by atoms with Crippen LogP contribution in [-0.2, 0) is 14.8 Å². The van der Waals surface area contributed by atoms with Crippen molar-refractivity contribution in [2.45, 2.75) is 24.7 Å². The molecule has 1 aliphatic heterocycles. The van der Waals surface area contributed by atoms with E-state index < -0.39 is 10.0 Å². The Labute approximate surface area is 137 Å². The van der Waals surface area contributed by atoms with E-state index >= 15 is 0 Å². The number of nitrogens with zero attached hydrogens (tertiary/aromatic N) is 2. The Bertz CT molecular complexity index is 660. The molecule has 3 rings (SSSR count). The molecule has 0 bridgehead atoms. The highest BCUT2D eigenvalue weighted by atomic mass is 32.2. The minimum absolute atomic E-state index is 0.0243. The van der Waals surface area contributed by atoms with E-state index in [4.69, 9.17) is 0 Å². The summed E-state index contributed by atoms with van der Waals surface area (Å²) in [6.07, 6.45) is 1.89. The first-order chi connectivity index (χ1) is 11.0. The summed E-state index contributed by atoms with van der Waals surface area (Å²) in [6, 6.07) is 6.47. The number of carbonyl (C=O) groups excluding carboxylic acids is 1. The Morgan fingerprint density at radius 1 is 1.13 bits per heavy atom. The second-order valence-electron chi connectivity index (χ2n) is 6.13. The predicted octanol–water partition coefficient (Wildman–Crippen LogP) is 1.36. The van der Waals surface area contributed by atoms with Crippen molar-refractivity contribution in [1.82, 2.24) is 9.21 Å². The molecule has 2 aliphatic rings. The van der Waals surface area contributed by atoms with Gasteiger partial charge in [0, 0.05) is 37.8 Å². The zero-order valence-electron chi connectivity index (χ0n) is 13.4. The number of rotatable bonds is 5. The van der Waals surface area contributed by atoms with Gasteiger partial charge in [-0.2, -0.15) is 4.31 Å². The van der Waals surface area contributed by atoms with Crippen LogP contribution < -0.4 is 5.32 Å². The molecule has 6 nitrogen and oxygen atoms in total. The number of likely N-dealkylation sites (N-methyl/N-ethyl adjacent to an activating group) is 1. The van der Waals surface area contributed by atoms with E-state index in [1.807, 2.05) is 0 Å². The maximum atomic E-state index is 12.7. The van der Waals surface area contributed by atoms with E-state index in [1.165, 1.54) is 4.31 Å². The van der Waals surface area contributed by atoms with E-state index in [0.717, 1.165) is 32.5 Å². The quantitative estimate of drug-likeness (QED) is 0.881. The van der Waals surface area contributed by atoms with Gasteiger partial charge in [0.1, 0.15) is 0 Å². The van der Waals surface area contributed by atoms with Crippen molar-refractivity contribution in [3.63, 3.8) is 0 Å². The van der Waals surface area contributed by atoms with Crippen molar-refractivity contribution >= 4 is 21.6 Å². The molecule has 0 spiro atoms. The average molecular weight is 337 g/mol.